The second kappa shape index (κ2) is 11.9. The summed E-state index contributed by atoms with van der Waals surface area (Å²) in [6.07, 6.45) is 3.45. The number of benzene rings is 6. The Morgan fingerprint density at radius 1 is 0.500 bits per heavy atom. The summed E-state index contributed by atoms with van der Waals surface area (Å²) in [7, 11) is 0. The van der Waals surface area contributed by atoms with E-state index in [1.54, 1.807) is 0 Å². The van der Waals surface area contributed by atoms with E-state index in [4.69, 9.17) is 15.0 Å². The molecule has 3 aromatic heterocycles. The van der Waals surface area contributed by atoms with Gasteiger partial charge in [0, 0.05) is 53.3 Å². The van der Waals surface area contributed by atoms with Crippen molar-refractivity contribution in [3.8, 4) is 39.9 Å². The lowest BCUT2D eigenvalue weighted by Crippen LogP contribution is -2.01. The van der Waals surface area contributed by atoms with Gasteiger partial charge in [-0.2, -0.15) is 0 Å². The van der Waals surface area contributed by atoms with Gasteiger partial charge in [-0.1, -0.05) is 116 Å². The summed E-state index contributed by atoms with van der Waals surface area (Å²) in [5.41, 5.74) is 7.68. The van der Waals surface area contributed by atoms with E-state index in [1.807, 2.05) is 29.5 Å². The first-order valence-electron chi connectivity index (χ1n) is 16.6. The van der Waals surface area contributed by atoms with Crippen LogP contribution in [0.25, 0.3) is 81.8 Å². The lowest BCUT2D eigenvalue weighted by Gasteiger charge is -2.12. The van der Waals surface area contributed by atoms with Crippen LogP contribution in [0.3, 0.4) is 0 Å². The van der Waals surface area contributed by atoms with Gasteiger partial charge in [0.2, 0.25) is 0 Å². The number of nitrogens with zero attached hydrogens (tertiary/aromatic N) is 4. The molecule has 0 saturated heterocycles. The molecule has 0 fully saturated rings. The molecule has 0 atom stereocenters. The first kappa shape index (κ1) is 28.6. The van der Waals surface area contributed by atoms with Crippen LogP contribution in [0.1, 0.15) is 25.3 Å². The van der Waals surface area contributed by atoms with Crippen molar-refractivity contribution in [2.24, 2.45) is 0 Å². The molecule has 0 aliphatic carbocycles. The zero-order valence-electron chi connectivity index (χ0n) is 26.6. The number of fused-ring (bicyclic) bond motifs is 6. The van der Waals surface area contributed by atoms with E-state index in [0.29, 0.717) is 17.5 Å². The first-order chi connectivity index (χ1) is 23.7. The molecule has 0 radical (unpaired) electrons. The van der Waals surface area contributed by atoms with Crippen molar-refractivity contribution in [3.63, 3.8) is 0 Å². The third-order valence-corrected chi connectivity index (χ3v) is 10.4. The van der Waals surface area contributed by atoms with Crippen molar-refractivity contribution >= 4 is 53.3 Å². The highest BCUT2D eigenvalue weighted by molar-refractivity contribution is 7.25. The van der Waals surface area contributed by atoms with E-state index < -0.39 is 0 Å². The molecule has 6 aromatic carbocycles. The van der Waals surface area contributed by atoms with Crippen LogP contribution < -0.4 is 0 Å². The third kappa shape index (κ3) is 4.95. The first-order valence-corrected chi connectivity index (χ1v) is 17.4. The van der Waals surface area contributed by atoms with Gasteiger partial charge in [0.25, 0.3) is 0 Å². The van der Waals surface area contributed by atoms with Gasteiger partial charge >= 0.3 is 0 Å². The van der Waals surface area contributed by atoms with Crippen LogP contribution in [0.15, 0.2) is 140 Å². The van der Waals surface area contributed by atoms with Gasteiger partial charge in [-0.15, -0.1) is 11.3 Å². The molecule has 9 aromatic rings. The van der Waals surface area contributed by atoms with Crippen molar-refractivity contribution in [1.82, 2.24) is 19.5 Å². The molecule has 48 heavy (non-hydrogen) atoms. The van der Waals surface area contributed by atoms with Crippen molar-refractivity contribution in [2.75, 3.05) is 0 Å². The minimum absolute atomic E-state index is 0.656. The van der Waals surface area contributed by atoms with Gasteiger partial charge in [-0.25, -0.2) is 15.0 Å². The summed E-state index contributed by atoms with van der Waals surface area (Å²) >= 11 is 1.85. The van der Waals surface area contributed by atoms with E-state index in [2.05, 4.69) is 133 Å². The molecule has 0 saturated carbocycles. The van der Waals surface area contributed by atoms with Gasteiger partial charge in [0.05, 0.1) is 11.0 Å². The Hall–Kier alpha value is -5.65. The molecule has 0 bridgehead atoms. The van der Waals surface area contributed by atoms with E-state index in [0.717, 1.165) is 28.8 Å². The van der Waals surface area contributed by atoms with E-state index in [9.17, 15) is 0 Å². The van der Waals surface area contributed by atoms with Crippen LogP contribution in [-0.2, 0) is 6.42 Å². The quantitative estimate of drug-likeness (QED) is 0.175. The van der Waals surface area contributed by atoms with Crippen LogP contribution in [0.5, 0.6) is 0 Å². The molecular formula is C43H32N4S. The normalized spacial score (nSPS) is 11.7. The number of hydrogen-bond acceptors (Lipinski definition) is 4. The number of aromatic nitrogens is 4. The summed E-state index contributed by atoms with van der Waals surface area (Å²) in [6, 6.07) is 49.6. The highest BCUT2D eigenvalue weighted by atomic mass is 32.1. The fraction of sp³-hybridized carbons (Fsp3) is 0.0930. The Kier molecular flexibility index (Phi) is 7.06. The van der Waals surface area contributed by atoms with E-state index >= 15 is 0 Å². The number of rotatable bonds is 7. The molecule has 0 aliphatic rings. The topological polar surface area (TPSA) is 43.6 Å². The average Bonchev–Trinajstić information content (AvgIpc) is 3.68. The van der Waals surface area contributed by atoms with Crippen molar-refractivity contribution < 1.29 is 0 Å². The van der Waals surface area contributed by atoms with Crippen molar-refractivity contribution in [2.45, 2.75) is 26.2 Å². The summed E-state index contributed by atoms with van der Waals surface area (Å²) < 4.78 is 4.99. The van der Waals surface area contributed by atoms with Crippen LogP contribution in [0.4, 0.5) is 0 Å². The maximum Gasteiger partial charge on any atom is 0.164 e. The second-order valence-electron chi connectivity index (χ2n) is 12.3. The number of hydrogen-bond donors (Lipinski definition) is 0. The third-order valence-electron chi connectivity index (χ3n) is 9.23. The van der Waals surface area contributed by atoms with Crippen LogP contribution >= 0.6 is 11.3 Å². The van der Waals surface area contributed by atoms with Gasteiger partial charge in [0.15, 0.2) is 17.5 Å². The van der Waals surface area contributed by atoms with Gasteiger partial charge in [-0.05, 0) is 54.8 Å². The molecule has 0 spiro atoms. The minimum Gasteiger partial charge on any atom is -0.309 e. The lowest BCUT2D eigenvalue weighted by atomic mass is 10.1. The number of unbranched alkanes of at least 4 members (excludes halogenated alkanes) is 1. The Morgan fingerprint density at radius 2 is 1.17 bits per heavy atom. The molecule has 9 rings (SSSR count). The molecular weight excluding hydrogens is 605 g/mol. The van der Waals surface area contributed by atoms with Crippen molar-refractivity contribution in [1.29, 1.82) is 0 Å². The Labute approximate surface area is 283 Å². The molecule has 230 valence electrons. The second-order valence-corrected chi connectivity index (χ2v) is 13.4. The summed E-state index contributed by atoms with van der Waals surface area (Å²) in [5, 5.41) is 5.12. The fourth-order valence-electron chi connectivity index (χ4n) is 6.80. The van der Waals surface area contributed by atoms with Crippen LogP contribution in [0.2, 0.25) is 0 Å². The fourth-order valence-corrected chi connectivity index (χ4v) is 7.92. The standard InChI is InChI=1S/C43H32N4S/c1-2-3-12-28-21-23-30(24-22-28)42-44-41(29-13-5-4-6-14-29)45-43(46-42)31-15-11-16-32(25-31)47-37-19-9-7-17-33(37)35-26-36-34-18-8-10-20-39(34)48-40(36)27-38(35)47/h4-11,13-27H,2-3,12H2,1H3. The molecule has 3 heterocycles. The maximum absolute atomic E-state index is 5.07. The zero-order valence-corrected chi connectivity index (χ0v) is 27.4. The van der Waals surface area contributed by atoms with Crippen LogP contribution in [-0.4, -0.2) is 19.5 Å². The molecule has 4 nitrogen and oxygen atoms in total. The van der Waals surface area contributed by atoms with Crippen molar-refractivity contribution in [3.05, 3.63) is 145 Å². The Balaban J connectivity index is 1.21. The largest absolute Gasteiger partial charge is 0.309 e. The average molecular weight is 637 g/mol. The lowest BCUT2D eigenvalue weighted by molar-refractivity contribution is 0.795. The maximum atomic E-state index is 5.07. The van der Waals surface area contributed by atoms with Gasteiger partial charge in [-0.3, -0.25) is 0 Å². The molecule has 0 aliphatic heterocycles. The molecule has 0 amide bonds. The highest BCUT2D eigenvalue weighted by Crippen LogP contribution is 2.41. The van der Waals surface area contributed by atoms with E-state index in [-0.39, 0.29) is 0 Å². The number of para-hydroxylation sites is 1. The summed E-state index contributed by atoms with van der Waals surface area (Å²) in [5.74, 6) is 2.00. The number of thiophene rings is 1. The molecule has 0 N–H and O–H groups in total. The predicted molar refractivity (Wildman–Crippen MR) is 202 cm³/mol. The monoisotopic (exact) mass is 636 g/mol. The highest BCUT2D eigenvalue weighted by Gasteiger charge is 2.17. The van der Waals surface area contributed by atoms with Gasteiger partial charge in [0.1, 0.15) is 0 Å². The summed E-state index contributed by atoms with van der Waals surface area (Å²) in [6.45, 7) is 2.23. The van der Waals surface area contributed by atoms with E-state index in [1.165, 1.54) is 60.4 Å². The smallest absolute Gasteiger partial charge is 0.164 e. The predicted octanol–water partition coefficient (Wildman–Crippen LogP) is 11.7. The molecule has 0 unspecified atom stereocenters. The summed E-state index contributed by atoms with van der Waals surface area (Å²) in [4.78, 5) is 15.1. The number of aryl methyl sites for hydroxylation is 1. The minimum atomic E-state index is 0.656. The zero-order chi connectivity index (χ0) is 32.0. The van der Waals surface area contributed by atoms with Crippen LogP contribution in [0, 0.1) is 0 Å². The SMILES string of the molecule is CCCCc1ccc(-c2nc(-c3ccccc3)nc(-c3cccc(-n4c5ccccc5c5cc6c(cc54)sc4ccccc46)c3)n2)cc1. The Bertz CT molecular complexity index is 2600. The van der Waals surface area contributed by atoms with Gasteiger partial charge < -0.3 is 4.57 Å². The Morgan fingerprint density at radius 3 is 1.96 bits per heavy atom. The molecule has 5 heteroatoms.